The van der Waals surface area contributed by atoms with Crippen LogP contribution in [0.3, 0.4) is 0 Å². The Morgan fingerprint density at radius 2 is 2.12 bits per heavy atom. The lowest BCUT2D eigenvalue weighted by atomic mass is 10.0. The SMILES string of the molecule is CN(c1ncccn1)C1CCCN(c2cc(Br)cc(F)c2C#N)C1. The molecule has 0 N–H and O–H groups in total. The van der Waals surface area contributed by atoms with E-state index in [0.29, 0.717) is 22.7 Å². The Morgan fingerprint density at radius 1 is 1.38 bits per heavy atom. The van der Waals surface area contributed by atoms with Gasteiger partial charge in [-0.2, -0.15) is 5.26 Å². The summed E-state index contributed by atoms with van der Waals surface area (Å²) in [5, 5.41) is 9.31. The third-order valence-corrected chi connectivity index (χ3v) is 4.76. The number of likely N-dealkylation sites (N-methyl/N-ethyl adjacent to an activating group) is 1. The van der Waals surface area contributed by atoms with Crippen LogP contribution in [-0.2, 0) is 0 Å². The standard InChI is InChI=1S/C17H17BrFN5/c1-23(17-21-5-3-6-22-17)13-4-2-7-24(11-13)16-9-12(18)8-15(19)14(16)10-20/h3,5-6,8-9,13H,2,4,7,11H2,1H3. The number of nitriles is 1. The molecule has 124 valence electrons. The molecule has 7 heteroatoms. The first-order chi connectivity index (χ1) is 11.6. The Hall–Kier alpha value is -2.20. The maximum atomic E-state index is 14.1. The number of hydrogen-bond donors (Lipinski definition) is 0. The molecule has 0 aliphatic carbocycles. The van der Waals surface area contributed by atoms with E-state index >= 15 is 0 Å². The summed E-state index contributed by atoms with van der Waals surface area (Å²) in [4.78, 5) is 12.7. The highest BCUT2D eigenvalue weighted by molar-refractivity contribution is 9.10. The minimum absolute atomic E-state index is 0.0949. The molecule has 0 bridgehead atoms. The van der Waals surface area contributed by atoms with Gasteiger partial charge in [-0.15, -0.1) is 0 Å². The van der Waals surface area contributed by atoms with Gasteiger partial charge in [0.25, 0.3) is 0 Å². The molecule has 0 amide bonds. The summed E-state index contributed by atoms with van der Waals surface area (Å²) in [6.07, 6.45) is 5.40. The highest BCUT2D eigenvalue weighted by Crippen LogP contribution is 2.30. The van der Waals surface area contributed by atoms with Gasteiger partial charge >= 0.3 is 0 Å². The van der Waals surface area contributed by atoms with Crippen LogP contribution in [0, 0.1) is 17.1 Å². The fourth-order valence-electron chi connectivity index (χ4n) is 3.05. The van der Waals surface area contributed by atoms with Crippen molar-refractivity contribution in [3.05, 3.63) is 46.4 Å². The topological polar surface area (TPSA) is 56.1 Å². The molecule has 5 nitrogen and oxygen atoms in total. The van der Waals surface area contributed by atoms with Gasteiger partial charge in [-0.1, -0.05) is 15.9 Å². The molecule has 1 aliphatic heterocycles. The average Bonchev–Trinajstić information content (AvgIpc) is 2.61. The van der Waals surface area contributed by atoms with Gasteiger partial charge in [0.05, 0.1) is 5.69 Å². The molecule has 1 aromatic heterocycles. The van der Waals surface area contributed by atoms with Crippen LogP contribution >= 0.6 is 15.9 Å². The van der Waals surface area contributed by atoms with Crippen LogP contribution < -0.4 is 9.80 Å². The van der Waals surface area contributed by atoms with Gasteiger partial charge in [0.15, 0.2) is 0 Å². The highest BCUT2D eigenvalue weighted by atomic mass is 79.9. The number of aromatic nitrogens is 2. The van der Waals surface area contributed by atoms with Crippen LogP contribution in [0.1, 0.15) is 18.4 Å². The van der Waals surface area contributed by atoms with Gasteiger partial charge in [-0.25, -0.2) is 14.4 Å². The number of anilines is 2. The average molecular weight is 390 g/mol. The second-order valence-electron chi connectivity index (χ2n) is 5.80. The molecule has 3 rings (SSSR count). The number of rotatable bonds is 3. The van der Waals surface area contributed by atoms with Crippen molar-refractivity contribution in [2.75, 3.05) is 29.9 Å². The van der Waals surface area contributed by atoms with Gasteiger partial charge in [0, 0.05) is 43.0 Å². The van der Waals surface area contributed by atoms with E-state index in [-0.39, 0.29) is 11.6 Å². The summed E-state index contributed by atoms with van der Waals surface area (Å²) in [6, 6.07) is 7.11. The molecule has 2 aromatic rings. The molecule has 0 radical (unpaired) electrons. The van der Waals surface area contributed by atoms with E-state index in [1.165, 1.54) is 6.07 Å². The van der Waals surface area contributed by atoms with Gasteiger partial charge in [-0.05, 0) is 31.0 Å². The molecule has 1 atom stereocenters. The minimum Gasteiger partial charge on any atom is -0.368 e. The van der Waals surface area contributed by atoms with E-state index in [2.05, 4.69) is 30.8 Å². The molecule has 1 saturated heterocycles. The van der Waals surface area contributed by atoms with E-state index in [0.717, 1.165) is 19.4 Å². The second-order valence-corrected chi connectivity index (χ2v) is 6.71. The zero-order chi connectivity index (χ0) is 17.1. The summed E-state index contributed by atoms with van der Waals surface area (Å²) in [6.45, 7) is 1.49. The number of benzene rings is 1. The van der Waals surface area contributed by atoms with Crippen molar-refractivity contribution >= 4 is 27.6 Å². The van der Waals surface area contributed by atoms with Crippen molar-refractivity contribution in [2.24, 2.45) is 0 Å². The fraction of sp³-hybridized carbons (Fsp3) is 0.353. The second kappa shape index (κ2) is 7.14. The molecule has 24 heavy (non-hydrogen) atoms. The van der Waals surface area contributed by atoms with Gasteiger partial charge < -0.3 is 9.80 Å². The first-order valence-electron chi connectivity index (χ1n) is 7.74. The van der Waals surface area contributed by atoms with Crippen molar-refractivity contribution in [1.82, 2.24) is 9.97 Å². The molecule has 0 saturated carbocycles. The van der Waals surface area contributed by atoms with Crippen molar-refractivity contribution in [3.63, 3.8) is 0 Å². The zero-order valence-electron chi connectivity index (χ0n) is 13.3. The summed E-state index contributed by atoms with van der Waals surface area (Å²) >= 11 is 3.32. The zero-order valence-corrected chi connectivity index (χ0v) is 14.9. The first kappa shape index (κ1) is 16.7. The smallest absolute Gasteiger partial charge is 0.225 e. The van der Waals surface area contributed by atoms with Crippen molar-refractivity contribution < 1.29 is 4.39 Å². The maximum absolute atomic E-state index is 14.1. The Morgan fingerprint density at radius 3 is 2.83 bits per heavy atom. The quantitative estimate of drug-likeness (QED) is 0.805. The predicted octanol–water partition coefficient (Wildman–Crippen LogP) is 3.36. The lowest BCUT2D eigenvalue weighted by molar-refractivity contribution is 0.482. The lowest BCUT2D eigenvalue weighted by Gasteiger charge is -2.39. The van der Waals surface area contributed by atoms with Crippen molar-refractivity contribution in [2.45, 2.75) is 18.9 Å². The molecule has 2 heterocycles. The Labute approximate surface area is 148 Å². The summed E-state index contributed by atoms with van der Waals surface area (Å²) in [7, 11) is 1.97. The normalized spacial score (nSPS) is 17.4. The maximum Gasteiger partial charge on any atom is 0.225 e. The largest absolute Gasteiger partial charge is 0.368 e. The monoisotopic (exact) mass is 389 g/mol. The molecular formula is C17H17BrFN5. The highest BCUT2D eigenvalue weighted by Gasteiger charge is 2.27. The molecule has 1 aliphatic rings. The van der Waals surface area contributed by atoms with Gasteiger partial charge in [0.1, 0.15) is 17.4 Å². The Bertz CT molecular complexity index is 762. The van der Waals surface area contributed by atoms with Crippen LogP contribution in [0.4, 0.5) is 16.0 Å². The van der Waals surface area contributed by atoms with Crippen LogP contribution in [-0.4, -0.2) is 36.1 Å². The van der Waals surface area contributed by atoms with Crippen LogP contribution in [0.25, 0.3) is 0 Å². The first-order valence-corrected chi connectivity index (χ1v) is 8.53. The van der Waals surface area contributed by atoms with Crippen molar-refractivity contribution in [1.29, 1.82) is 5.26 Å². The number of nitrogens with zero attached hydrogens (tertiary/aromatic N) is 5. The number of halogens is 2. The van der Waals surface area contributed by atoms with E-state index in [4.69, 9.17) is 0 Å². The lowest BCUT2D eigenvalue weighted by Crippen LogP contribution is -2.47. The molecule has 1 unspecified atom stereocenters. The van der Waals surface area contributed by atoms with Crippen molar-refractivity contribution in [3.8, 4) is 6.07 Å². The fourth-order valence-corrected chi connectivity index (χ4v) is 3.46. The number of piperidine rings is 1. The van der Waals surface area contributed by atoms with E-state index in [1.54, 1.807) is 18.5 Å². The minimum atomic E-state index is -0.497. The van der Waals surface area contributed by atoms with E-state index in [1.807, 2.05) is 24.1 Å². The van der Waals surface area contributed by atoms with Gasteiger partial charge in [0.2, 0.25) is 5.95 Å². The summed E-state index contributed by atoms with van der Waals surface area (Å²) in [5.74, 6) is 0.175. The molecule has 1 fully saturated rings. The van der Waals surface area contributed by atoms with Gasteiger partial charge in [-0.3, -0.25) is 0 Å². The molecule has 0 spiro atoms. The predicted molar refractivity (Wildman–Crippen MR) is 94.5 cm³/mol. The van der Waals surface area contributed by atoms with Crippen LogP contribution in [0.15, 0.2) is 35.1 Å². The third-order valence-electron chi connectivity index (χ3n) is 4.30. The Kier molecular flexibility index (Phi) is 4.95. The summed E-state index contributed by atoms with van der Waals surface area (Å²) < 4.78 is 14.7. The van der Waals surface area contributed by atoms with E-state index < -0.39 is 5.82 Å². The number of hydrogen-bond acceptors (Lipinski definition) is 5. The van der Waals surface area contributed by atoms with Crippen LogP contribution in [0.2, 0.25) is 0 Å². The van der Waals surface area contributed by atoms with Crippen LogP contribution in [0.5, 0.6) is 0 Å². The molecular weight excluding hydrogens is 373 g/mol. The Balaban J connectivity index is 1.86. The molecule has 1 aromatic carbocycles. The van der Waals surface area contributed by atoms with E-state index in [9.17, 15) is 9.65 Å². The third kappa shape index (κ3) is 3.34. The summed E-state index contributed by atoms with van der Waals surface area (Å²) in [5.41, 5.74) is 0.730.